The molecule has 0 radical (unpaired) electrons. The van der Waals surface area contributed by atoms with Gasteiger partial charge in [0.05, 0.1) is 16.6 Å². The number of ether oxygens (including phenoxy) is 1. The van der Waals surface area contributed by atoms with Gasteiger partial charge in [0.2, 0.25) is 11.8 Å². The van der Waals surface area contributed by atoms with Gasteiger partial charge in [-0.15, -0.1) is 0 Å². The zero-order valence-electron chi connectivity index (χ0n) is 20.1. The molecule has 0 saturated carbocycles. The van der Waals surface area contributed by atoms with Gasteiger partial charge in [-0.25, -0.2) is 9.29 Å². The van der Waals surface area contributed by atoms with E-state index in [1.807, 2.05) is 18.2 Å². The van der Waals surface area contributed by atoms with Crippen LogP contribution in [0.3, 0.4) is 0 Å². The third kappa shape index (κ3) is 4.75. The Kier molecular flexibility index (Phi) is 6.53. The molecule has 39 heavy (non-hydrogen) atoms. The fraction of sp³-hybridized carbons (Fsp3) is 0.143. The molecular weight excluding hydrogens is 541 g/mol. The van der Waals surface area contributed by atoms with Crippen LogP contribution in [0.2, 0.25) is 0 Å². The Morgan fingerprint density at radius 1 is 0.974 bits per heavy atom. The first-order valence-electron chi connectivity index (χ1n) is 12.0. The van der Waals surface area contributed by atoms with Crippen molar-refractivity contribution in [2.75, 3.05) is 16.8 Å². The average molecular weight is 562 g/mol. The number of hydrogen-bond donors (Lipinski definition) is 2. The van der Waals surface area contributed by atoms with Crippen LogP contribution in [0.15, 0.2) is 88.7 Å². The quantitative estimate of drug-likeness (QED) is 0.338. The standard InChI is InChI=1S/C28H20FN3O5S2/c29-16-9-11-18(12-10-16)32-26(34)22-21(23-25(31-28(36)39-23)38-24(22)27(32)35)15-5-4-8-19(13-15)37-14-20(33)30-17-6-2-1-3-7-17/h1-13,21-22,24H,14H2,(H,30,33)(H,31,36)/t21-,22-,24+/m0/s1. The number of carbonyl (C=O) groups is 3. The summed E-state index contributed by atoms with van der Waals surface area (Å²) in [6, 6.07) is 21.2. The lowest BCUT2D eigenvalue weighted by Crippen LogP contribution is -2.32. The minimum absolute atomic E-state index is 0.233. The van der Waals surface area contributed by atoms with E-state index in [4.69, 9.17) is 4.74 Å². The Balaban J connectivity index is 1.30. The van der Waals surface area contributed by atoms with E-state index in [1.165, 1.54) is 24.3 Å². The van der Waals surface area contributed by atoms with Gasteiger partial charge in [-0.1, -0.05) is 53.4 Å². The van der Waals surface area contributed by atoms with Crippen molar-refractivity contribution in [1.29, 1.82) is 0 Å². The number of fused-ring (bicyclic) bond motifs is 2. The number of anilines is 2. The number of benzene rings is 3. The number of rotatable bonds is 6. The number of halogens is 1. The maximum atomic E-state index is 13.7. The highest BCUT2D eigenvalue weighted by Crippen LogP contribution is 2.53. The van der Waals surface area contributed by atoms with Crippen LogP contribution in [0.1, 0.15) is 16.4 Å². The molecule has 3 amide bonds. The molecule has 2 aliphatic heterocycles. The Morgan fingerprint density at radius 2 is 1.74 bits per heavy atom. The van der Waals surface area contributed by atoms with Crippen LogP contribution in [0.5, 0.6) is 5.75 Å². The summed E-state index contributed by atoms with van der Waals surface area (Å²) in [5, 5.41) is 2.53. The highest BCUT2D eigenvalue weighted by molar-refractivity contribution is 8.00. The minimum atomic E-state index is -0.789. The molecule has 0 spiro atoms. The highest BCUT2D eigenvalue weighted by Gasteiger charge is 2.56. The molecule has 1 saturated heterocycles. The first-order valence-corrected chi connectivity index (χ1v) is 13.7. The van der Waals surface area contributed by atoms with Gasteiger partial charge in [-0.2, -0.15) is 0 Å². The van der Waals surface area contributed by atoms with Gasteiger partial charge in [0, 0.05) is 16.5 Å². The van der Waals surface area contributed by atoms with Crippen molar-refractivity contribution in [1.82, 2.24) is 4.98 Å². The van der Waals surface area contributed by atoms with Crippen molar-refractivity contribution in [3.8, 4) is 5.75 Å². The number of aromatic nitrogens is 1. The van der Waals surface area contributed by atoms with Crippen molar-refractivity contribution < 1.29 is 23.5 Å². The predicted molar refractivity (Wildman–Crippen MR) is 146 cm³/mol. The number of H-pyrrole nitrogens is 1. The third-order valence-corrected chi connectivity index (χ3v) is 8.95. The van der Waals surface area contributed by atoms with Gasteiger partial charge in [0.15, 0.2) is 6.61 Å². The molecule has 3 heterocycles. The number of thioether (sulfide) groups is 1. The van der Waals surface area contributed by atoms with Crippen molar-refractivity contribution in [2.45, 2.75) is 16.2 Å². The van der Waals surface area contributed by atoms with Crippen LogP contribution >= 0.6 is 23.1 Å². The molecule has 3 aromatic carbocycles. The molecule has 3 atom stereocenters. The predicted octanol–water partition coefficient (Wildman–Crippen LogP) is 4.39. The molecular formula is C28H20FN3O5S2. The Morgan fingerprint density at radius 3 is 2.51 bits per heavy atom. The first-order chi connectivity index (χ1) is 18.9. The summed E-state index contributed by atoms with van der Waals surface area (Å²) in [5.74, 6) is -2.64. The lowest BCUT2D eigenvalue weighted by atomic mass is 9.83. The fourth-order valence-electron chi connectivity index (χ4n) is 4.89. The van der Waals surface area contributed by atoms with E-state index in [9.17, 15) is 23.6 Å². The molecule has 0 bridgehead atoms. The lowest BCUT2D eigenvalue weighted by molar-refractivity contribution is -0.122. The summed E-state index contributed by atoms with van der Waals surface area (Å²) >= 11 is 2.17. The average Bonchev–Trinajstić information content (AvgIpc) is 3.43. The number of nitrogens with one attached hydrogen (secondary N) is 2. The highest BCUT2D eigenvalue weighted by atomic mass is 32.2. The number of amides is 3. The van der Waals surface area contributed by atoms with E-state index in [0.717, 1.165) is 28.0 Å². The van der Waals surface area contributed by atoms with Crippen LogP contribution in [-0.4, -0.2) is 34.6 Å². The molecule has 4 aromatic rings. The van der Waals surface area contributed by atoms with Gasteiger partial charge in [0.25, 0.3) is 5.91 Å². The lowest BCUT2D eigenvalue weighted by Gasteiger charge is -2.30. The SMILES string of the molecule is O=C(COc1cccc([C@@H]2c3sc(=O)[nH]c3S[C@H]3C(=O)N(c4ccc(F)cc4)C(=O)[C@@H]23)c1)Nc1ccccc1. The van der Waals surface area contributed by atoms with E-state index in [0.29, 0.717) is 32.6 Å². The number of aromatic amines is 1. The Bertz CT molecular complexity index is 1640. The summed E-state index contributed by atoms with van der Waals surface area (Å²) < 4.78 is 19.3. The zero-order chi connectivity index (χ0) is 27.1. The second-order valence-corrected chi connectivity index (χ2v) is 11.2. The van der Waals surface area contributed by atoms with Crippen LogP contribution in [0.25, 0.3) is 0 Å². The molecule has 0 unspecified atom stereocenters. The second-order valence-electron chi connectivity index (χ2n) is 9.01. The van der Waals surface area contributed by atoms with Crippen molar-refractivity contribution >= 4 is 52.2 Å². The van der Waals surface area contributed by atoms with Crippen LogP contribution in [-0.2, 0) is 14.4 Å². The second kappa shape index (κ2) is 10.2. The maximum absolute atomic E-state index is 13.7. The largest absolute Gasteiger partial charge is 0.484 e. The molecule has 11 heteroatoms. The maximum Gasteiger partial charge on any atom is 0.305 e. The number of thiazole rings is 1. The summed E-state index contributed by atoms with van der Waals surface area (Å²) in [6.07, 6.45) is 0. The molecule has 1 aromatic heterocycles. The summed E-state index contributed by atoms with van der Waals surface area (Å²) in [7, 11) is 0. The van der Waals surface area contributed by atoms with Gasteiger partial charge >= 0.3 is 4.87 Å². The summed E-state index contributed by atoms with van der Waals surface area (Å²) in [5.41, 5.74) is 1.61. The van der Waals surface area contributed by atoms with E-state index in [-0.39, 0.29) is 17.4 Å². The smallest absolute Gasteiger partial charge is 0.305 e. The molecule has 2 aliphatic rings. The molecule has 0 aliphatic carbocycles. The normalized spacial score (nSPS) is 19.9. The van der Waals surface area contributed by atoms with Gasteiger partial charge in [-0.3, -0.25) is 19.2 Å². The molecule has 2 N–H and O–H groups in total. The van der Waals surface area contributed by atoms with Crippen molar-refractivity contribution in [3.05, 3.63) is 105 Å². The molecule has 196 valence electrons. The van der Waals surface area contributed by atoms with Crippen molar-refractivity contribution in [3.63, 3.8) is 0 Å². The van der Waals surface area contributed by atoms with Gasteiger partial charge < -0.3 is 15.0 Å². The zero-order valence-corrected chi connectivity index (χ0v) is 21.8. The number of para-hydroxylation sites is 1. The van der Waals surface area contributed by atoms with Crippen LogP contribution in [0.4, 0.5) is 15.8 Å². The third-order valence-electron chi connectivity index (χ3n) is 6.55. The van der Waals surface area contributed by atoms with Gasteiger partial charge in [-0.05, 0) is 54.1 Å². The van der Waals surface area contributed by atoms with E-state index in [1.54, 1.807) is 36.4 Å². The van der Waals surface area contributed by atoms with Crippen LogP contribution in [0, 0.1) is 11.7 Å². The number of imide groups is 1. The summed E-state index contributed by atoms with van der Waals surface area (Å²) in [4.78, 5) is 56.1. The van der Waals surface area contributed by atoms with E-state index in [2.05, 4.69) is 10.3 Å². The molecule has 8 nitrogen and oxygen atoms in total. The monoisotopic (exact) mass is 561 g/mol. The first kappa shape index (κ1) is 25.1. The fourth-order valence-corrected chi connectivity index (χ4v) is 7.40. The number of carbonyl (C=O) groups excluding carboxylic acids is 3. The number of nitrogens with zero attached hydrogens (tertiary/aromatic N) is 1. The topological polar surface area (TPSA) is 109 Å². The number of hydrogen-bond acceptors (Lipinski definition) is 7. The minimum Gasteiger partial charge on any atom is -0.484 e. The van der Waals surface area contributed by atoms with Gasteiger partial charge in [0.1, 0.15) is 16.8 Å². The van der Waals surface area contributed by atoms with E-state index >= 15 is 0 Å². The molecule has 1 fully saturated rings. The summed E-state index contributed by atoms with van der Waals surface area (Å²) in [6.45, 7) is -0.233. The molecule has 6 rings (SSSR count). The Labute approximate surface area is 229 Å². The van der Waals surface area contributed by atoms with Crippen molar-refractivity contribution in [2.24, 2.45) is 5.92 Å². The Hall–Kier alpha value is -4.22. The van der Waals surface area contributed by atoms with E-state index < -0.39 is 34.7 Å². The van der Waals surface area contributed by atoms with Crippen LogP contribution < -0.4 is 19.8 Å².